The summed E-state index contributed by atoms with van der Waals surface area (Å²) in [5.74, 6) is 0.173. The number of nitrogens with zero attached hydrogens (tertiary/aromatic N) is 1. The first-order chi connectivity index (χ1) is 15.5. The van der Waals surface area contributed by atoms with E-state index >= 15 is 0 Å². The van der Waals surface area contributed by atoms with Gasteiger partial charge in [-0.3, -0.25) is 4.98 Å². The van der Waals surface area contributed by atoms with Gasteiger partial charge in [0.2, 0.25) is 0 Å². The molecule has 4 nitrogen and oxygen atoms in total. The van der Waals surface area contributed by atoms with Crippen molar-refractivity contribution in [2.24, 2.45) is 5.41 Å². The maximum atomic E-state index is 13.1. The predicted molar refractivity (Wildman–Crippen MR) is 119 cm³/mol. The van der Waals surface area contributed by atoms with Crippen LogP contribution in [0.1, 0.15) is 103 Å². The van der Waals surface area contributed by atoms with Gasteiger partial charge in [-0.25, -0.2) is 0 Å². The summed E-state index contributed by atoms with van der Waals surface area (Å²) in [7, 11) is 1.56. The Morgan fingerprint density at radius 3 is 2.33 bits per heavy atom. The minimum absolute atomic E-state index is 0.107. The molecule has 4 rings (SSSR count). The standard InChI is InChI=1S/C26H32F3NO3/c1-25(2)12-18-22(20(31)13-25)21(15-6-4-5-7-15)23(19(30-18)14-33-3)24(32)16-8-10-17(11-9-16)26(27,28)29/h8-11,15,20,24,31-32H,4-7,12-14H2,1-3H3. The molecule has 1 aromatic heterocycles. The number of hydrogen-bond acceptors (Lipinski definition) is 4. The molecule has 0 amide bonds. The quantitative estimate of drug-likeness (QED) is 0.572. The van der Waals surface area contributed by atoms with E-state index in [2.05, 4.69) is 13.8 Å². The molecule has 1 fully saturated rings. The number of pyridine rings is 1. The fraction of sp³-hybridized carbons (Fsp3) is 0.577. The van der Waals surface area contributed by atoms with E-state index in [0.29, 0.717) is 29.7 Å². The highest BCUT2D eigenvalue weighted by atomic mass is 19.4. The molecule has 0 spiro atoms. The average Bonchev–Trinajstić information content (AvgIpc) is 3.25. The lowest BCUT2D eigenvalue weighted by atomic mass is 9.71. The van der Waals surface area contributed by atoms with Gasteiger partial charge in [0.15, 0.2) is 0 Å². The largest absolute Gasteiger partial charge is 0.416 e. The van der Waals surface area contributed by atoms with Gasteiger partial charge in [0, 0.05) is 23.9 Å². The van der Waals surface area contributed by atoms with Crippen molar-refractivity contribution >= 4 is 0 Å². The minimum Gasteiger partial charge on any atom is -0.388 e. The molecule has 2 aliphatic rings. The third-order valence-corrected chi connectivity index (χ3v) is 7.07. The molecule has 0 aliphatic heterocycles. The van der Waals surface area contributed by atoms with E-state index in [0.717, 1.165) is 54.6 Å². The van der Waals surface area contributed by atoms with Crippen molar-refractivity contribution in [3.05, 3.63) is 63.5 Å². The molecule has 7 heteroatoms. The Morgan fingerprint density at radius 2 is 1.76 bits per heavy atom. The van der Waals surface area contributed by atoms with Crippen LogP contribution in [0, 0.1) is 5.41 Å². The van der Waals surface area contributed by atoms with Gasteiger partial charge in [-0.05, 0) is 60.3 Å². The third-order valence-electron chi connectivity index (χ3n) is 7.07. The first-order valence-corrected chi connectivity index (χ1v) is 11.6. The van der Waals surface area contributed by atoms with E-state index in [1.165, 1.54) is 12.1 Å². The van der Waals surface area contributed by atoms with Crippen molar-refractivity contribution in [2.45, 2.75) is 83.3 Å². The van der Waals surface area contributed by atoms with Gasteiger partial charge < -0.3 is 14.9 Å². The second kappa shape index (κ2) is 9.01. The summed E-state index contributed by atoms with van der Waals surface area (Å²) in [5, 5.41) is 22.7. The summed E-state index contributed by atoms with van der Waals surface area (Å²) >= 11 is 0. The first kappa shape index (κ1) is 24.2. The second-order valence-corrected chi connectivity index (χ2v) is 10.2. The van der Waals surface area contributed by atoms with Crippen molar-refractivity contribution in [1.29, 1.82) is 0 Å². The van der Waals surface area contributed by atoms with Crippen LogP contribution in [0.25, 0.3) is 0 Å². The van der Waals surface area contributed by atoms with Crippen molar-refractivity contribution in [3.8, 4) is 0 Å². The predicted octanol–water partition coefficient (Wildman–Crippen LogP) is 5.99. The Morgan fingerprint density at radius 1 is 1.12 bits per heavy atom. The zero-order chi connectivity index (χ0) is 24.0. The summed E-state index contributed by atoms with van der Waals surface area (Å²) in [6.07, 6.45) is -0.943. The summed E-state index contributed by atoms with van der Waals surface area (Å²) in [6, 6.07) is 4.63. The van der Waals surface area contributed by atoms with Crippen LogP contribution in [0.3, 0.4) is 0 Å². The van der Waals surface area contributed by atoms with Gasteiger partial charge in [-0.2, -0.15) is 13.2 Å². The van der Waals surface area contributed by atoms with E-state index in [1.807, 2.05) is 0 Å². The van der Waals surface area contributed by atoms with Crippen LogP contribution >= 0.6 is 0 Å². The Balaban J connectivity index is 1.89. The van der Waals surface area contributed by atoms with Crippen LogP contribution in [-0.2, 0) is 23.9 Å². The Hall–Kier alpha value is -1.96. The average molecular weight is 464 g/mol. The number of fused-ring (bicyclic) bond motifs is 1. The van der Waals surface area contributed by atoms with E-state index in [1.54, 1.807) is 7.11 Å². The molecule has 1 saturated carbocycles. The molecular formula is C26H32F3NO3. The normalized spacial score (nSPS) is 21.8. The Bertz CT molecular complexity index is 995. The molecule has 0 radical (unpaired) electrons. The zero-order valence-corrected chi connectivity index (χ0v) is 19.4. The van der Waals surface area contributed by atoms with E-state index in [9.17, 15) is 23.4 Å². The molecular weight excluding hydrogens is 431 g/mol. The number of aliphatic hydroxyl groups is 2. The summed E-state index contributed by atoms with van der Waals surface area (Å²) < 4.78 is 44.6. The molecule has 33 heavy (non-hydrogen) atoms. The van der Waals surface area contributed by atoms with E-state index in [-0.39, 0.29) is 17.9 Å². The van der Waals surface area contributed by atoms with E-state index in [4.69, 9.17) is 9.72 Å². The summed E-state index contributed by atoms with van der Waals surface area (Å²) in [4.78, 5) is 4.86. The number of aliphatic hydroxyl groups excluding tert-OH is 2. The fourth-order valence-electron chi connectivity index (χ4n) is 5.62. The fourth-order valence-corrected chi connectivity index (χ4v) is 5.62. The van der Waals surface area contributed by atoms with Crippen LogP contribution in [0.5, 0.6) is 0 Å². The molecule has 2 atom stereocenters. The molecule has 2 unspecified atom stereocenters. The number of aromatic nitrogens is 1. The maximum absolute atomic E-state index is 13.1. The lowest BCUT2D eigenvalue weighted by Gasteiger charge is -2.38. The number of hydrogen-bond donors (Lipinski definition) is 2. The van der Waals surface area contributed by atoms with Gasteiger partial charge in [0.25, 0.3) is 0 Å². The van der Waals surface area contributed by atoms with Crippen molar-refractivity contribution < 1.29 is 28.1 Å². The monoisotopic (exact) mass is 463 g/mol. The highest BCUT2D eigenvalue weighted by Crippen LogP contribution is 2.49. The van der Waals surface area contributed by atoms with Gasteiger partial charge in [0.05, 0.1) is 24.0 Å². The van der Waals surface area contributed by atoms with Crippen LogP contribution < -0.4 is 0 Å². The molecule has 2 aromatic rings. The van der Waals surface area contributed by atoms with Crippen LogP contribution in [0.2, 0.25) is 0 Å². The topological polar surface area (TPSA) is 62.6 Å². The Labute approximate surface area is 192 Å². The van der Waals surface area contributed by atoms with Crippen LogP contribution in [-0.4, -0.2) is 22.3 Å². The third kappa shape index (κ3) is 4.81. The summed E-state index contributed by atoms with van der Waals surface area (Å²) in [6.45, 7) is 4.39. The highest BCUT2D eigenvalue weighted by molar-refractivity contribution is 5.50. The highest BCUT2D eigenvalue weighted by Gasteiger charge is 2.39. The number of benzene rings is 1. The van der Waals surface area contributed by atoms with Gasteiger partial charge >= 0.3 is 6.18 Å². The molecule has 0 saturated heterocycles. The second-order valence-electron chi connectivity index (χ2n) is 10.2. The van der Waals surface area contributed by atoms with Crippen molar-refractivity contribution in [1.82, 2.24) is 4.98 Å². The number of methoxy groups -OCH3 is 1. The van der Waals surface area contributed by atoms with Crippen LogP contribution in [0.15, 0.2) is 24.3 Å². The maximum Gasteiger partial charge on any atom is 0.416 e. The van der Waals surface area contributed by atoms with Gasteiger partial charge in [-0.15, -0.1) is 0 Å². The number of halogens is 3. The zero-order valence-electron chi connectivity index (χ0n) is 19.4. The molecule has 0 bridgehead atoms. The molecule has 2 aliphatic carbocycles. The number of ether oxygens (including phenoxy) is 1. The van der Waals surface area contributed by atoms with E-state index < -0.39 is 23.9 Å². The van der Waals surface area contributed by atoms with Crippen molar-refractivity contribution in [3.63, 3.8) is 0 Å². The van der Waals surface area contributed by atoms with Crippen molar-refractivity contribution in [2.75, 3.05) is 7.11 Å². The van der Waals surface area contributed by atoms with Crippen LogP contribution in [0.4, 0.5) is 13.2 Å². The summed E-state index contributed by atoms with van der Waals surface area (Å²) in [5.41, 5.74) is 3.26. The van der Waals surface area contributed by atoms with Gasteiger partial charge in [0.1, 0.15) is 6.10 Å². The number of alkyl halides is 3. The molecule has 1 heterocycles. The van der Waals surface area contributed by atoms with Gasteiger partial charge in [-0.1, -0.05) is 38.8 Å². The molecule has 180 valence electrons. The number of rotatable bonds is 5. The lowest BCUT2D eigenvalue weighted by molar-refractivity contribution is -0.137. The lowest BCUT2D eigenvalue weighted by Crippen LogP contribution is -2.30. The Kier molecular flexibility index (Phi) is 6.60. The first-order valence-electron chi connectivity index (χ1n) is 11.6. The smallest absolute Gasteiger partial charge is 0.388 e. The molecule has 1 aromatic carbocycles. The SMILES string of the molecule is COCc1nc2c(c(C3CCCC3)c1C(O)c1ccc(C(F)(F)F)cc1)C(O)CC(C)(C)C2. The molecule has 2 N–H and O–H groups in total. The minimum atomic E-state index is -4.44.